The molecule has 0 radical (unpaired) electrons. The molecule has 1 heterocycles. The van der Waals surface area contributed by atoms with Crippen molar-refractivity contribution in [1.82, 2.24) is 5.32 Å². The molecule has 3 amide bonds. The van der Waals surface area contributed by atoms with Gasteiger partial charge < -0.3 is 14.8 Å². The SMILES string of the molecule is O=C(NC(=O)C1=COCO1)Nc1cccc(Br)c1. The topological polar surface area (TPSA) is 76.7 Å². The predicted molar refractivity (Wildman–Crippen MR) is 66.4 cm³/mol. The standard InChI is InChI=1S/C11H9BrN2O4/c12-7-2-1-3-8(4-7)13-11(16)14-10(15)9-5-17-6-18-9/h1-5H,6H2,(H2,13,14,15,16). The maximum absolute atomic E-state index is 11.5. The van der Waals surface area contributed by atoms with Gasteiger partial charge >= 0.3 is 6.03 Å². The van der Waals surface area contributed by atoms with Crippen molar-refractivity contribution in [1.29, 1.82) is 0 Å². The number of benzene rings is 1. The molecule has 0 saturated heterocycles. The molecule has 1 aromatic rings. The number of carbonyl (C=O) groups is 2. The van der Waals surface area contributed by atoms with E-state index in [1.807, 2.05) is 6.07 Å². The lowest BCUT2D eigenvalue weighted by Gasteiger charge is -2.06. The summed E-state index contributed by atoms with van der Waals surface area (Å²) in [6.45, 7) is -0.0179. The van der Waals surface area contributed by atoms with Gasteiger partial charge in [0.1, 0.15) is 6.26 Å². The molecule has 0 saturated carbocycles. The molecule has 0 atom stereocenters. The van der Waals surface area contributed by atoms with Gasteiger partial charge in [-0.3, -0.25) is 10.1 Å². The summed E-state index contributed by atoms with van der Waals surface area (Å²) in [5.41, 5.74) is 0.562. The van der Waals surface area contributed by atoms with Gasteiger partial charge in [-0.05, 0) is 18.2 Å². The van der Waals surface area contributed by atoms with E-state index in [0.29, 0.717) is 5.69 Å². The van der Waals surface area contributed by atoms with Crippen LogP contribution >= 0.6 is 15.9 Å². The van der Waals surface area contributed by atoms with Gasteiger partial charge in [0.05, 0.1) is 0 Å². The number of hydrogen-bond acceptors (Lipinski definition) is 4. The maximum Gasteiger partial charge on any atom is 0.326 e. The second-order valence-electron chi connectivity index (χ2n) is 3.33. The summed E-state index contributed by atoms with van der Waals surface area (Å²) in [7, 11) is 0. The minimum atomic E-state index is -0.653. The molecule has 2 N–H and O–H groups in total. The van der Waals surface area contributed by atoms with Gasteiger partial charge in [-0.25, -0.2) is 4.79 Å². The Balaban J connectivity index is 1.90. The van der Waals surface area contributed by atoms with Crippen LogP contribution in [0, 0.1) is 0 Å². The molecule has 1 aromatic carbocycles. The van der Waals surface area contributed by atoms with Crippen molar-refractivity contribution in [2.45, 2.75) is 0 Å². The summed E-state index contributed by atoms with van der Waals surface area (Å²) < 4.78 is 10.4. The van der Waals surface area contributed by atoms with Gasteiger partial charge in [-0.15, -0.1) is 0 Å². The van der Waals surface area contributed by atoms with Gasteiger partial charge in [0, 0.05) is 10.2 Å². The number of anilines is 1. The van der Waals surface area contributed by atoms with E-state index in [4.69, 9.17) is 9.47 Å². The molecule has 0 aliphatic carbocycles. The van der Waals surface area contributed by atoms with Gasteiger partial charge in [0.15, 0.2) is 0 Å². The first-order valence-corrected chi connectivity index (χ1v) is 5.77. The van der Waals surface area contributed by atoms with Crippen LogP contribution < -0.4 is 10.6 Å². The third kappa shape index (κ3) is 3.24. The van der Waals surface area contributed by atoms with E-state index in [-0.39, 0.29) is 12.6 Å². The van der Waals surface area contributed by atoms with Crippen molar-refractivity contribution >= 4 is 33.6 Å². The monoisotopic (exact) mass is 312 g/mol. The number of hydrogen-bond donors (Lipinski definition) is 2. The first-order chi connectivity index (χ1) is 8.65. The number of halogens is 1. The van der Waals surface area contributed by atoms with Crippen LogP contribution in [0.25, 0.3) is 0 Å². The molecular weight excluding hydrogens is 304 g/mol. The van der Waals surface area contributed by atoms with Crippen LogP contribution in [-0.4, -0.2) is 18.7 Å². The van der Waals surface area contributed by atoms with E-state index in [9.17, 15) is 9.59 Å². The summed E-state index contributed by atoms with van der Waals surface area (Å²) in [5, 5.41) is 4.62. The number of rotatable bonds is 2. The van der Waals surface area contributed by atoms with Crippen LogP contribution in [0.2, 0.25) is 0 Å². The van der Waals surface area contributed by atoms with Crippen molar-refractivity contribution in [3.63, 3.8) is 0 Å². The van der Waals surface area contributed by atoms with Crippen LogP contribution in [-0.2, 0) is 14.3 Å². The number of urea groups is 1. The Morgan fingerprint density at radius 1 is 1.33 bits per heavy atom. The van der Waals surface area contributed by atoms with E-state index >= 15 is 0 Å². The fourth-order valence-electron chi connectivity index (χ4n) is 1.25. The zero-order valence-electron chi connectivity index (χ0n) is 9.10. The summed E-state index contributed by atoms with van der Waals surface area (Å²) in [6.07, 6.45) is 1.15. The van der Waals surface area contributed by atoms with Crippen molar-refractivity contribution in [3.05, 3.63) is 40.8 Å². The zero-order valence-corrected chi connectivity index (χ0v) is 10.7. The highest BCUT2D eigenvalue weighted by molar-refractivity contribution is 9.10. The largest absolute Gasteiger partial charge is 0.461 e. The van der Waals surface area contributed by atoms with Gasteiger partial charge in [-0.1, -0.05) is 22.0 Å². The lowest BCUT2D eigenvalue weighted by Crippen LogP contribution is -2.35. The van der Waals surface area contributed by atoms with E-state index in [1.54, 1.807) is 18.2 Å². The Hall–Kier alpha value is -2.02. The summed E-state index contributed by atoms with van der Waals surface area (Å²) >= 11 is 3.27. The fourth-order valence-corrected chi connectivity index (χ4v) is 1.65. The van der Waals surface area contributed by atoms with Crippen LogP contribution in [0.5, 0.6) is 0 Å². The minimum absolute atomic E-state index is 0.0179. The van der Waals surface area contributed by atoms with Crippen LogP contribution in [0.3, 0.4) is 0 Å². The van der Waals surface area contributed by atoms with Gasteiger partial charge in [0.2, 0.25) is 12.6 Å². The fraction of sp³-hybridized carbons (Fsp3) is 0.0909. The lowest BCUT2D eigenvalue weighted by molar-refractivity contribution is -0.119. The average Bonchev–Trinajstić information content (AvgIpc) is 2.81. The molecule has 1 aliphatic rings. The quantitative estimate of drug-likeness (QED) is 0.875. The summed E-state index contributed by atoms with van der Waals surface area (Å²) in [6, 6.07) is 6.34. The zero-order chi connectivity index (χ0) is 13.0. The van der Waals surface area contributed by atoms with Crippen LogP contribution in [0.4, 0.5) is 10.5 Å². The van der Waals surface area contributed by atoms with Gasteiger partial charge in [0.25, 0.3) is 5.91 Å². The maximum atomic E-state index is 11.5. The molecular formula is C11H9BrN2O4. The van der Waals surface area contributed by atoms with E-state index < -0.39 is 11.9 Å². The van der Waals surface area contributed by atoms with Crippen molar-refractivity contribution in [2.24, 2.45) is 0 Å². The molecule has 0 bridgehead atoms. The second kappa shape index (κ2) is 5.54. The first-order valence-electron chi connectivity index (χ1n) is 4.97. The molecule has 94 valence electrons. The van der Waals surface area contributed by atoms with Crippen LogP contribution in [0.1, 0.15) is 0 Å². The first kappa shape index (κ1) is 12.4. The highest BCUT2D eigenvalue weighted by Gasteiger charge is 2.18. The summed E-state index contributed by atoms with van der Waals surface area (Å²) in [5.74, 6) is -0.681. The molecule has 2 rings (SSSR count). The number of amides is 3. The molecule has 0 unspecified atom stereocenters. The molecule has 7 heteroatoms. The molecule has 18 heavy (non-hydrogen) atoms. The smallest absolute Gasteiger partial charge is 0.326 e. The third-order valence-electron chi connectivity index (χ3n) is 2.01. The second-order valence-corrected chi connectivity index (χ2v) is 4.25. The summed E-state index contributed by atoms with van der Waals surface area (Å²) in [4.78, 5) is 23.0. The molecule has 0 aromatic heterocycles. The predicted octanol–water partition coefficient (Wildman–Crippen LogP) is 1.94. The molecule has 0 spiro atoms. The number of imide groups is 1. The number of carbonyl (C=O) groups excluding carboxylic acids is 2. The molecule has 6 nitrogen and oxygen atoms in total. The molecule has 0 fully saturated rings. The molecule has 1 aliphatic heterocycles. The lowest BCUT2D eigenvalue weighted by atomic mass is 10.3. The Labute approximate surface area is 111 Å². The highest BCUT2D eigenvalue weighted by atomic mass is 79.9. The normalized spacial score (nSPS) is 13.1. The van der Waals surface area contributed by atoms with Crippen molar-refractivity contribution in [3.8, 4) is 0 Å². The van der Waals surface area contributed by atoms with Crippen LogP contribution in [0.15, 0.2) is 40.8 Å². The van der Waals surface area contributed by atoms with E-state index in [1.165, 1.54) is 0 Å². The minimum Gasteiger partial charge on any atom is -0.461 e. The number of ether oxygens (including phenoxy) is 2. The Morgan fingerprint density at radius 3 is 2.83 bits per heavy atom. The average molecular weight is 313 g/mol. The van der Waals surface area contributed by atoms with Crippen molar-refractivity contribution < 1.29 is 19.1 Å². The Bertz CT molecular complexity index is 516. The Morgan fingerprint density at radius 2 is 2.17 bits per heavy atom. The third-order valence-corrected chi connectivity index (χ3v) is 2.50. The Kier molecular flexibility index (Phi) is 3.83. The highest BCUT2D eigenvalue weighted by Crippen LogP contribution is 2.15. The number of nitrogens with one attached hydrogen (secondary N) is 2. The van der Waals surface area contributed by atoms with Gasteiger partial charge in [-0.2, -0.15) is 0 Å². The van der Waals surface area contributed by atoms with E-state index in [0.717, 1.165) is 10.7 Å². The van der Waals surface area contributed by atoms with Crippen molar-refractivity contribution in [2.75, 3.05) is 12.1 Å². The van der Waals surface area contributed by atoms with E-state index in [2.05, 4.69) is 26.6 Å².